The van der Waals surface area contributed by atoms with Gasteiger partial charge in [-0.3, -0.25) is 0 Å². The van der Waals surface area contributed by atoms with E-state index in [1.54, 1.807) is 24.3 Å². The second kappa shape index (κ2) is 6.58. The molecule has 0 bridgehead atoms. The lowest BCUT2D eigenvalue weighted by Gasteiger charge is -2.14. The topological polar surface area (TPSA) is 58.9 Å². The van der Waals surface area contributed by atoms with Crippen molar-refractivity contribution in [3.63, 3.8) is 0 Å². The number of rotatable bonds is 4. The number of hydrogen-bond donors (Lipinski definition) is 0. The van der Waals surface area contributed by atoms with Gasteiger partial charge in [-0.05, 0) is 46.9 Å². The van der Waals surface area contributed by atoms with Crippen molar-refractivity contribution >= 4 is 23.5 Å². The fourth-order valence-corrected chi connectivity index (χ4v) is 2.21. The van der Waals surface area contributed by atoms with Gasteiger partial charge in [0.25, 0.3) is 0 Å². The van der Waals surface area contributed by atoms with Gasteiger partial charge >= 0.3 is 0 Å². The number of isocyanates is 2. The molecular formula is C17H14N2O2. The second-order valence-electron chi connectivity index (χ2n) is 4.88. The first kappa shape index (κ1) is 14.6. The van der Waals surface area contributed by atoms with Gasteiger partial charge in [-0.15, -0.1) is 0 Å². The van der Waals surface area contributed by atoms with Gasteiger partial charge in [0.1, 0.15) is 0 Å². The van der Waals surface area contributed by atoms with E-state index in [4.69, 9.17) is 0 Å². The first-order valence-corrected chi connectivity index (χ1v) is 6.56. The van der Waals surface area contributed by atoms with Crippen LogP contribution in [0.5, 0.6) is 0 Å². The molecule has 0 aromatic heterocycles. The average Bonchev–Trinajstić information content (AvgIpc) is 2.48. The molecule has 4 nitrogen and oxygen atoms in total. The molecule has 0 spiro atoms. The number of hydrogen-bond acceptors (Lipinski definition) is 4. The van der Waals surface area contributed by atoms with Crippen LogP contribution in [0.3, 0.4) is 0 Å². The van der Waals surface area contributed by atoms with Crippen LogP contribution in [0.25, 0.3) is 11.1 Å². The van der Waals surface area contributed by atoms with E-state index < -0.39 is 0 Å². The van der Waals surface area contributed by atoms with Crippen LogP contribution in [0, 0.1) is 0 Å². The largest absolute Gasteiger partial charge is 0.240 e. The summed E-state index contributed by atoms with van der Waals surface area (Å²) in [5.41, 5.74) is 4.19. The molecule has 0 atom stereocenters. The maximum absolute atomic E-state index is 10.4. The van der Waals surface area contributed by atoms with Crippen LogP contribution in [-0.2, 0) is 9.59 Å². The normalized spacial score (nSPS) is 9.86. The quantitative estimate of drug-likeness (QED) is 0.614. The second-order valence-corrected chi connectivity index (χ2v) is 4.88. The summed E-state index contributed by atoms with van der Waals surface area (Å²) in [5, 5.41) is 0. The van der Waals surface area contributed by atoms with E-state index in [1.807, 2.05) is 30.3 Å². The molecule has 0 amide bonds. The van der Waals surface area contributed by atoms with Crippen molar-refractivity contribution in [1.82, 2.24) is 0 Å². The van der Waals surface area contributed by atoms with Gasteiger partial charge in [-0.1, -0.05) is 32.0 Å². The van der Waals surface area contributed by atoms with Gasteiger partial charge < -0.3 is 0 Å². The highest BCUT2D eigenvalue weighted by Crippen LogP contribution is 2.33. The van der Waals surface area contributed by atoms with E-state index in [0.717, 1.165) is 16.7 Å². The number of nitrogens with zero attached hydrogens (tertiary/aromatic N) is 2. The third-order valence-corrected chi connectivity index (χ3v) is 3.16. The van der Waals surface area contributed by atoms with Crippen LogP contribution in [0.4, 0.5) is 11.4 Å². The van der Waals surface area contributed by atoms with Crippen molar-refractivity contribution in [2.75, 3.05) is 0 Å². The molecule has 0 N–H and O–H groups in total. The van der Waals surface area contributed by atoms with Crippen LogP contribution in [0.15, 0.2) is 52.4 Å². The fourth-order valence-electron chi connectivity index (χ4n) is 2.21. The maximum atomic E-state index is 10.4. The Kier molecular flexibility index (Phi) is 4.57. The summed E-state index contributed by atoms with van der Waals surface area (Å²) < 4.78 is 0. The zero-order valence-corrected chi connectivity index (χ0v) is 11.8. The summed E-state index contributed by atoms with van der Waals surface area (Å²) in [7, 11) is 0. The van der Waals surface area contributed by atoms with E-state index in [2.05, 4.69) is 23.8 Å². The molecule has 0 saturated heterocycles. The summed E-state index contributed by atoms with van der Waals surface area (Å²) in [5.74, 6) is 0.264. The monoisotopic (exact) mass is 278 g/mol. The van der Waals surface area contributed by atoms with Crippen LogP contribution >= 0.6 is 0 Å². The molecule has 2 rings (SSSR count). The molecule has 104 valence electrons. The number of benzene rings is 2. The van der Waals surface area contributed by atoms with Gasteiger partial charge in [0.15, 0.2) is 0 Å². The average molecular weight is 278 g/mol. The smallest absolute Gasteiger partial charge is 0.211 e. The van der Waals surface area contributed by atoms with Gasteiger partial charge in [0.05, 0.1) is 11.4 Å². The molecule has 0 aliphatic heterocycles. The summed E-state index contributed by atoms with van der Waals surface area (Å²) in [6.07, 6.45) is 3.10. The third-order valence-electron chi connectivity index (χ3n) is 3.16. The molecular weight excluding hydrogens is 264 g/mol. The molecule has 4 heteroatoms. The molecule has 0 aliphatic carbocycles. The Labute approximate surface area is 122 Å². The van der Waals surface area contributed by atoms with E-state index in [9.17, 15) is 9.59 Å². The molecule has 0 fully saturated rings. The molecule has 0 unspecified atom stereocenters. The molecule has 2 aromatic carbocycles. The number of aliphatic imine (C=N–C) groups is 2. The Morgan fingerprint density at radius 3 is 2.19 bits per heavy atom. The minimum Gasteiger partial charge on any atom is -0.211 e. The highest BCUT2D eigenvalue weighted by molar-refractivity contribution is 5.73. The first-order chi connectivity index (χ1) is 10.2. The van der Waals surface area contributed by atoms with E-state index in [-0.39, 0.29) is 5.92 Å². The molecule has 0 saturated carbocycles. The van der Waals surface area contributed by atoms with Gasteiger partial charge in [0.2, 0.25) is 12.2 Å². The van der Waals surface area contributed by atoms with Crippen LogP contribution in [0.2, 0.25) is 0 Å². The zero-order valence-electron chi connectivity index (χ0n) is 11.8. The standard InChI is InChI=1S/C17H14N2O2/c1-12(2)17-9-15(19-11-21)6-7-16(17)13-4-3-5-14(8-13)18-10-20/h3-9,12H,1-2H3. The van der Waals surface area contributed by atoms with Gasteiger partial charge in [-0.25, -0.2) is 9.59 Å². The highest BCUT2D eigenvalue weighted by atomic mass is 16.1. The van der Waals surface area contributed by atoms with Crippen molar-refractivity contribution in [1.29, 1.82) is 0 Å². The van der Waals surface area contributed by atoms with Crippen molar-refractivity contribution < 1.29 is 9.59 Å². The van der Waals surface area contributed by atoms with Crippen LogP contribution < -0.4 is 0 Å². The summed E-state index contributed by atoms with van der Waals surface area (Å²) in [4.78, 5) is 28.1. The SMILES string of the molecule is CC(C)c1cc(N=C=O)ccc1-c1cccc(N=C=O)c1. The Morgan fingerprint density at radius 2 is 1.57 bits per heavy atom. The molecule has 0 heterocycles. The van der Waals surface area contributed by atoms with E-state index in [1.165, 1.54) is 0 Å². The Bertz CT molecular complexity index is 753. The van der Waals surface area contributed by atoms with E-state index >= 15 is 0 Å². The zero-order chi connectivity index (χ0) is 15.2. The summed E-state index contributed by atoms with van der Waals surface area (Å²) in [6, 6.07) is 12.9. The molecule has 2 aromatic rings. The highest BCUT2D eigenvalue weighted by Gasteiger charge is 2.10. The Hall–Kier alpha value is -2.80. The lowest BCUT2D eigenvalue weighted by molar-refractivity contribution is 0.564. The minimum atomic E-state index is 0.264. The van der Waals surface area contributed by atoms with Crippen LogP contribution in [-0.4, -0.2) is 12.2 Å². The molecule has 0 radical (unpaired) electrons. The Morgan fingerprint density at radius 1 is 0.905 bits per heavy atom. The third kappa shape index (κ3) is 3.40. The van der Waals surface area contributed by atoms with Crippen molar-refractivity contribution in [3.05, 3.63) is 48.0 Å². The van der Waals surface area contributed by atoms with Crippen LogP contribution in [0.1, 0.15) is 25.3 Å². The lowest BCUT2D eigenvalue weighted by atomic mass is 9.92. The maximum Gasteiger partial charge on any atom is 0.240 e. The fraction of sp³-hybridized carbons (Fsp3) is 0.176. The molecule has 0 aliphatic rings. The summed E-state index contributed by atoms with van der Waals surface area (Å²) in [6.45, 7) is 4.14. The van der Waals surface area contributed by atoms with Crippen molar-refractivity contribution in [2.45, 2.75) is 19.8 Å². The lowest BCUT2D eigenvalue weighted by Crippen LogP contribution is -1.92. The van der Waals surface area contributed by atoms with Crippen molar-refractivity contribution in [3.8, 4) is 11.1 Å². The first-order valence-electron chi connectivity index (χ1n) is 6.56. The predicted molar refractivity (Wildman–Crippen MR) is 81.5 cm³/mol. The predicted octanol–water partition coefficient (Wildman–Crippen LogP) is 4.41. The van der Waals surface area contributed by atoms with E-state index in [0.29, 0.717) is 11.4 Å². The number of carbonyl (C=O) groups excluding carboxylic acids is 2. The van der Waals surface area contributed by atoms with Gasteiger partial charge in [0, 0.05) is 0 Å². The molecule has 21 heavy (non-hydrogen) atoms. The Balaban J connectivity index is 2.59. The minimum absolute atomic E-state index is 0.264. The van der Waals surface area contributed by atoms with Gasteiger partial charge in [-0.2, -0.15) is 9.98 Å². The summed E-state index contributed by atoms with van der Waals surface area (Å²) >= 11 is 0. The van der Waals surface area contributed by atoms with Crippen molar-refractivity contribution in [2.24, 2.45) is 9.98 Å².